The predicted octanol–water partition coefficient (Wildman–Crippen LogP) is -0.822. The van der Waals surface area contributed by atoms with Crippen molar-refractivity contribution in [2.24, 2.45) is 0 Å². The number of nitrogens with one attached hydrogen (secondary N) is 1. The molecule has 1 rings (SSSR count). The highest BCUT2D eigenvalue weighted by Crippen LogP contribution is 1.94. The van der Waals surface area contributed by atoms with Crippen LogP contribution in [0.1, 0.15) is 12.6 Å². The molecule has 0 saturated heterocycles. The second-order valence-corrected chi connectivity index (χ2v) is 3.25. The number of rotatable bonds is 5. The maximum atomic E-state index is 11.3. The summed E-state index contributed by atoms with van der Waals surface area (Å²) in [6, 6.07) is 0. The van der Waals surface area contributed by atoms with Crippen molar-refractivity contribution in [3.05, 3.63) is 11.9 Å². The second kappa shape index (κ2) is 6.33. The Hall–Kier alpha value is -2.45. The number of aromatic nitrogens is 3. The number of carbonyl (C=O) groups is 3. The molecule has 0 fully saturated rings. The highest BCUT2D eigenvalue weighted by molar-refractivity contribution is 5.91. The minimum absolute atomic E-state index is 0.158. The summed E-state index contributed by atoms with van der Waals surface area (Å²) in [5.74, 6) is -1.67. The first-order valence-corrected chi connectivity index (χ1v) is 5.08. The van der Waals surface area contributed by atoms with E-state index in [1.165, 1.54) is 6.20 Å². The Bertz CT molecular complexity index is 456. The normalized spacial score (nSPS) is 9.83. The van der Waals surface area contributed by atoms with Crippen molar-refractivity contribution < 1.29 is 24.2 Å². The number of nitrogens with zero attached hydrogens (tertiary/aromatic N) is 3. The number of alkyl carbamates (subject to hydrolysis) is 1. The van der Waals surface area contributed by atoms with Gasteiger partial charge in [0.25, 0.3) is 5.91 Å². The van der Waals surface area contributed by atoms with Crippen LogP contribution in [0.3, 0.4) is 0 Å². The van der Waals surface area contributed by atoms with Crippen molar-refractivity contribution in [2.45, 2.75) is 19.9 Å². The zero-order valence-electron chi connectivity index (χ0n) is 9.62. The number of carboxylic acid groups (broad SMARTS) is 1. The van der Waals surface area contributed by atoms with Crippen LogP contribution in [-0.4, -0.2) is 44.7 Å². The number of hydrogen-bond acceptors (Lipinski definition) is 6. The highest BCUT2D eigenvalue weighted by atomic mass is 16.5. The van der Waals surface area contributed by atoms with Gasteiger partial charge in [-0.1, -0.05) is 5.21 Å². The minimum atomic E-state index is -1.04. The van der Waals surface area contributed by atoms with Gasteiger partial charge in [-0.2, -0.15) is 0 Å². The summed E-state index contributed by atoms with van der Waals surface area (Å²) in [6.45, 7) is 1.52. The summed E-state index contributed by atoms with van der Waals surface area (Å²) in [4.78, 5) is 32.6. The average Bonchev–Trinajstić information content (AvgIpc) is 2.64. The van der Waals surface area contributed by atoms with E-state index in [0.29, 0.717) is 0 Å². The van der Waals surface area contributed by atoms with Crippen molar-refractivity contribution in [1.29, 1.82) is 0 Å². The summed E-state index contributed by atoms with van der Waals surface area (Å²) in [7, 11) is 0. The van der Waals surface area contributed by atoms with Crippen LogP contribution < -0.4 is 5.32 Å². The summed E-state index contributed by atoms with van der Waals surface area (Å²) >= 11 is 0. The van der Waals surface area contributed by atoms with Gasteiger partial charge in [-0.05, 0) is 6.92 Å². The van der Waals surface area contributed by atoms with Crippen LogP contribution in [0.5, 0.6) is 0 Å². The number of carboxylic acids is 1. The van der Waals surface area contributed by atoms with Crippen LogP contribution in [-0.2, 0) is 27.3 Å². The minimum Gasteiger partial charge on any atom is -0.481 e. The fraction of sp³-hybridized carbons (Fsp3) is 0.444. The molecule has 0 aromatic carbocycles. The van der Waals surface area contributed by atoms with Gasteiger partial charge < -0.3 is 9.84 Å². The van der Waals surface area contributed by atoms with Crippen LogP contribution in [0.15, 0.2) is 6.20 Å². The molecule has 1 aromatic heterocycles. The van der Waals surface area contributed by atoms with Crippen molar-refractivity contribution in [1.82, 2.24) is 20.3 Å². The van der Waals surface area contributed by atoms with Gasteiger partial charge in [0.1, 0.15) is 6.54 Å². The van der Waals surface area contributed by atoms with E-state index in [0.717, 1.165) is 4.68 Å². The topological polar surface area (TPSA) is 123 Å². The molecule has 98 valence electrons. The standard InChI is InChI=1S/C9H12N4O5/c1-2-18-9(17)10-7(14)5-13-4-6(11-12-13)3-8(15)16/h4H,2-3,5H2,1H3,(H,15,16)(H,10,14,17). The van der Waals surface area contributed by atoms with E-state index in [2.05, 4.69) is 15.0 Å². The van der Waals surface area contributed by atoms with Crippen molar-refractivity contribution >= 4 is 18.0 Å². The Morgan fingerprint density at radius 3 is 2.83 bits per heavy atom. The van der Waals surface area contributed by atoms with E-state index in [9.17, 15) is 14.4 Å². The number of imide groups is 1. The fourth-order valence-corrected chi connectivity index (χ4v) is 1.12. The molecule has 0 bridgehead atoms. The molecule has 1 aromatic rings. The number of aliphatic carboxylic acids is 1. The zero-order chi connectivity index (χ0) is 13.5. The molecule has 0 spiro atoms. The Morgan fingerprint density at radius 2 is 2.22 bits per heavy atom. The van der Waals surface area contributed by atoms with E-state index in [-0.39, 0.29) is 25.3 Å². The first-order chi connectivity index (χ1) is 8.51. The third-order valence-electron chi connectivity index (χ3n) is 1.74. The first kappa shape index (κ1) is 13.6. The molecule has 2 amide bonds. The van der Waals surface area contributed by atoms with Crippen LogP contribution >= 0.6 is 0 Å². The van der Waals surface area contributed by atoms with Gasteiger partial charge >= 0.3 is 12.1 Å². The van der Waals surface area contributed by atoms with Gasteiger partial charge in [0.2, 0.25) is 0 Å². The fourth-order valence-electron chi connectivity index (χ4n) is 1.12. The first-order valence-electron chi connectivity index (χ1n) is 5.08. The van der Waals surface area contributed by atoms with Crippen molar-refractivity contribution in [2.75, 3.05) is 6.61 Å². The molecular formula is C9H12N4O5. The zero-order valence-corrected chi connectivity index (χ0v) is 9.62. The average molecular weight is 256 g/mol. The Labute approximate surface area is 102 Å². The summed E-state index contributed by atoms with van der Waals surface area (Å²) in [6.07, 6.45) is 0.201. The molecule has 0 aliphatic carbocycles. The smallest absolute Gasteiger partial charge is 0.413 e. The molecule has 1 heterocycles. The summed E-state index contributed by atoms with van der Waals surface area (Å²) in [5, 5.41) is 17.6. The molecule has 9 heteroatoms. The quantitative estimate of drug-likeness (QED) is 0.705. The molecule has 0 aliphatic rings. The lowest BCUT2D eigenvalue weighted by molar-refractivity contribution is -0.136. The molecule has 0 aliphatic heterocycles. The Kier molecular flexibility index (Phi) is 4.78. The van der Waals surface area contributed by atoms with Crippen LogP contribution in [0.2, 0.25) is 0 Å². The monoisotopic (exact) mass is 256 g/mol. The third kappa shape index (κ3) is 4.60. The maximum absolute atomic E-state index is 11.3. The lowest BCUT2D eigenvalue weighted by Crippen LogP contribution is -2.33. The van der Waals surface area contributed by atoms with Gasteiger partial charge in [-0.3, -0.25) is 14.9 Å². The second-order valence-electron chi connectivity index (χ2n) is 3.25. The van der Waals surface area contributed by atoms with Gasteiger partial charge in [-0.25, -0.2) is 9.48 Å². The van der Waals surface area contributed by atoms with Crippen LogP contribution in [0.25, 0.3) is 0 Å². The van der Waals surface area contributed by atoms with E-state index in [1.54, 1.807) is 6.92 Å². The number of ether oxygens (including phenoxy) is 1. The Morgan fingerprint density at radius 1 is 1.50 bits per heavy atom. The Balaban J connectivity index is 2.47. The maximum Gasteiger partial charge on any atom is 0.413 e. The molecule has 0 atom stereocenters. The van der Waals surface area contributed by atoms with E-state index in [1.807, 2.05) is 5.32 Å². The number of amides is 2. The molecule has 2 N–H and O–H groups in total. The third-order valence-corrected chi connectivity index (χ3v) is 1.74. The largest absolute Gasteiger partial charge is 0.481 e. The predicted molar refractivity (Wildman–Crippen MR) is 56.5 cm³/mol. The molecule has 0 saturated carbocycles. The van der Waals surface area contributed by atoms with E-state index < -0.39 is 18.0 Å². The van der Waals surface area contributed by atoms with Gasteiger partial charge in [0.05, 0.1) is 18.7 Å². The summed E-state index contributed by atoms with van der Waals surface area (Å²) in [5.41, 5.74) is 0.228. The molecule has 0 unspecified atom stereocenters. The molecule has 0 radical (unpaired) electrons. The number of carbonyl (C=O) groups excluding carboxylic acids is 2. The van der Waals surface area contributed by atoms with E-state index in [4.69, 9.17) is 5.11 Å². The van der Waals surface area contributed by atoms with E-state index >= 15 is 0 Å². The van der Waals surface area contributed by atoms with Crippen LogP contribution in [0, 0.1) is 0 Å². The lowest BCUT2D eigenvalue weighted by Gasteiger charge is -2.03. The summed E-state index contributed by atoms with van der Waals surface area (Å²) < 4.78 is 5.65. The number of hydrogen-bond donors (Lipinski definition) is 2. The van der Waals surface area contributed by atoms with Gasteiger partial charge in [0.15, 0.2) is 0 Å². The highest BCUT2D eigenvalue weighted by Gasteiger charge is 2.11. The molecule has 18 heavy (non-hydrogen) atoms. The molecule has 9 nitrogen and oxygen atoms in total. The van der Waals surface area contributed by atoms with Crippen molar-refractivity contribution in [3.8, 4) is 0 Å². The molecular weight excluding hydrogens is 244 g/mol. The van der Waals surface area contributed by atoms with Crippen molar-refractivity contribution in [3.63, 3.8) is 0 Å². The lowest BCUT2D eigenvalue weighted by atomic mass is 10.3. The van der Waals surface area contributed by atoms with Gasteiger partial charge in [0, 0.05) is 6.20 Å². The SMILES string of the molecule is CCOC(=O)NC(=O)Cn1cc(CC(=O)O)nn1. The van der Waals surface area contributed by atoms with Crippen LogP contribution in [0.4, 0.5) is 4.79 Å². The van der Waals surface area contributed by atoms with Gasteiger partial charge in [-0.15, -0.1) is 5.10 Å².